The maximum atomic E-state index is 12.1. The zero-order chi connectivity index (χ0) is 15.5. The molecule has 0 fully saturated rings. The largest absolute Gasteiger partial charge is 0.481 e. The van der Waals surface area contributed by atoms with Gasteiger partial charge in [-0.05, 0) is 62.4 Å². The first-order valence-corrected chi connectivity index (χ1v) is 7.51. The third-order valence-electron chi connectivity index (χ3n) is 3.78. The number of benzene rings is 1. The number of aryl methyl sites for hydroxylation is 3. The summed E-state index contributed by atoms with van der Waals surface area (Å²) < 4.78 is 5.74. The lowest BCUT2D eigenvalue weighted by molar-refractivity contribution is -0.122. The molecule has 2 aromatic rings. The van der Waals surface area contributed by atoms with E-state index in [2.05, 4.69) is 21.4 Å². The van der Waals surface area contributed by atoms with Crippen LogP contribution in [0.4, 0.5) is 5.95 Å². The molecule has 1 aromatic carbocycles. The van der Waals surface area contributed by atoms with Crippen molar-refractivity contribution in [2.45, 2.75) is 39.2 Å². The number of aromatic nitrogens is 2. The number of amides is 1. The summed E-state index contributed by atoms with van der Waals surface area (Å²) in [5, 5.41) is 2.67. The number of rotatable bonds is 4. The summed E-state index contributed by atoms with van der Waals surface area (Å²) in [6.07, 6.45) is 4.42. The molecule has 0 aliphatic heterocycles. The smallest absolute Gasteiger partial charge is 0.267 e. The van der Waals surface area contributed by atoms with Crippen LogP contribution in [-0.4, -0.2) is 22.0 Å². The van der Waals surface area contributed by atoms with Crippen LogP contribution in [0.1, 0.15) is 30.2 Å². The number of carbonyl (C=O) groups is 1. The maximum Gasteiger partial charge on any atom is 0.267 e. The van der Waals surface area contributed by atoms with E-state index < -0.39 is 6.10 Å². The van der Waals surface area contributed by atoms with Gasteiger partial charge >= 0.3 is 0 Å². The average molecular weight is 297 g/mol. The van der Waals surface area contributed by atoms with Gasteiger partial charge in [0.05, 0.1) is 0 Å². The Labute approximate surface area is 129 Å². The molecule has 5 heteroatoms. The Balaban J connectivity index is 1.63. The van der Waals surface area contributed by atoms with Gasteiger partial charge in [-0.1, -0.05) is 6.07 Å². The van der Waals surface area contributed by atoms with Gasteiger partial charge in [0.25, 0.3) is 5.91 Å². The fraction of sp³-hybridized carbons (Fsp3) is 0.353. The van der Waals surface area contributed by atoms with E-state index in [9.17, 15) is 4.79 Å². The number of anilines is 1. The normalized spacial score (nSPS) is 14.3. The van der Waals surface area contributed by atoms with Gasteiger partial charge in [0.2, 0.25) is 5.95 Å². The van der Waals surface area contributed by atoms with E-state index in [-0.39, 0.29) is 5.91 Å². The standard InChI is InChI=1S/C17H19N3O2/c1-11-8-9-18-17(19-11)20-16(21)12(2)22-15-7-6-13-4-3-5-14(13)10-15/h6-10,12H,3-5H2,1-2H3,(H,18,19,20,21)/t12-/m1/s1. The summed E-state index contributed by atoms with van der Waals surface area (Å²) in [4.78, 5) is 20.3. The molecular formula is C17H19N3O2. The van der Waals surface area contributed by atoms with E-state index in [0.717, 1.165) is 24.3 Å². The molecule has 3 rings (SSSR count). The zero-order valence-electron chi connectivity index (χ0n) is 12.8. The van der Waals surface area contributed by atoms with Crippen molar-refractivity contribution < 1.29 is 9.53 Å². The quantitative estimate of drug-likeness (QED) is 0.942. The van der Waals surface area contributed by atoms with Crippen molar-refractivity contribution in [3.8, 4) is 5.75 Å². The van der Waals surface area contributed by atoms with Crippen molar-refractivity contribution in [1.29, 1.82) is 0 Å². The highest BCUT2D eigenvalue weighted by Crippen LogP contribution is 2.26. The Bertz CT molecular complexity index is 700. The van der Waals surface area contributed by atoms with Gasteiger partial charge in [-0.3, -0.25) is 10.1 Å². The summed E-state index contributed by atoms with van der Waals surface area (Å²) >= 11 is 0. The lowest BCUT2D eigenvalue weighted by Gasteiger charge is -2.15. The first kappa shape index (κ1) is 14.5. The molecule has 0 saturated heterocycles. The lowest BCUT2D eigenvalue weighted by atomic mass is 10.1. The molecule has 1 aliphatic carbocycles. The number of hydrogen-bond acceptors (Lipinski definition) is 4. The van der Waals surface area contributed by atoms with Gasteiger partial charge in [0, 0.05) is 11.9 Å². The van der Waals surface area contributed by atoms with Gasteiger partial charge in [-0.2, -0.15) is 0 Å². The summed E-state index contributed by atoms with van der Waals surface area (Å²) in [6.45, 7) is 3.57. The molecule has 1 aromatic heterocycles. The minimum Gasteiger partial charge on any atom is -0.481 e. The minimum atomic E-state index is -0.608. The molecule has 1 N–H and O–H groups in total. The van der Waals surface area contributed by atoms with Crippen molar-refractivity contribution in [2.24, 2.45) is 0 Å². The third kappa shape index (κ3) is 3.24. The fourth-order valence-corrected chi connectivity index (χ4v) is 2.60. The number of carbonyl (C=O) groups excluding carboxylic acids is 1. The lowest BCUT2D eigenvalue weighted by Crippen LogP contribution is -2.30. The topological polar surface area (TPSA) is 64.1 Å². The van der Waals surface area contributed by atoms with Gasteiger partial charge in [0.15, 0.2) is 6.10 Å². The van der Waals surface area contributed by atoms with Crippen molar-refractivity contribution in [3.63, 3.8) is 0 Å². The number of nitrogens with zero attached hydrogens (tertiary/aromatic N) is 2. The predicted octanol–water partition coefficient (Wildman–Crippen LogP) is 2.68. The van der Waals surface area contributed by atoms with Gasteiger partial charge in [0.1, 0.15) is 5.75 Å². The van der Waals surface area contributed by atoms with E-state index in [1.54, 1.807) is 19.2 Å². The van der Waals surface area contributed by atoms with Crippen LogP contribution in [0.5, 0.6) is 5.75 Å². The van der Waals surface area contributed by atoms with E-state index in [1.807, 2.05) is 19.1 Å². The van der Waals surface area contributed by atoms with Crippen LogP contribution < -0.4 is 10.1 Å². The maximum absolute atomic E-state index is 12.1. The summed E-state index contributed by atoms with van der Waals surface area (Å²) in [7, 11) is 0. The van der Waals surface area contributed by atoms with Crippen molar-refractivity contribution in [3.05, 3.63) is 47.3 Å². The van der Waals surface area contributed by atoms with Crippen molar-refractivity contribution in [1.82, 2.24) is 9.97 Å². The number of hydrogen-bond donors (Lipinski definition) is 1. The van der Waals surface area contributed by atoms with E-state index >= 15 is 0 Å². The van der Waals surface area contributed by atoms with Crippen LogP contribution in [0.15, 0.2) is 30.5 Å². The molecule has 0 saturated carbocycles. The van der Waals surface area contributed by atoms with Gasteiger partial charge < -0.3 is 4.74 Å². The highest BCUT2D eigenvalue weighted by atomic mass is 16.5. The molecule has 1 heterocycles. The van der Waals surface area contributed by atoms with E-state index in [0.29, 0.717) is 5.95 Å². The average Bonchev–Trinajstić information content (AvgIpc) is 2.94. The molecule has 0 radical (unpaired) electrons. The molecular weight excluding hydrogens is 278 g/mol. The van der Waals surface area contributed by atoms with Crippen LogP contribution in [0.3, 0.4) is 0 Å². The molecule has 0 unspecified atom stereocenters. The summed E-state index contributed by atoms with van der Waals surface area (Å²) in [6, 6.07) is 7.83. The molecule has 0 bridgehead atoms. The Morgan fingerprint density at radius 3 is 2.91 bits per heavy atom. The van der Waals surface area contributed by atoms with E-state index in [4.69, 9.17) is 4.74 Å². The van der Waals surface area contributed by atoms with Crippen LogP contribution in [-0.2, 0) is 17.6 Å². The number of fused-ring (bicyclic) bond motifs is 1. The van der Waals surface area contributed by atoms with Crippen LogP contribution in [0.2, 0.25) is 0 Å². The highest BCUT2D eigenvalue weighted by Gasteiger charge is 2.17. The summed E-state index contributed by atoms with van der Waals surface area (Å²) in [5.41, 5.74) is 3.52. The monoisotopic (exact) mass is 297 g/mol. The second-order valence-corrected chi connectivity index (χ2v) is 5.56. The van der Waals surface area contributed by atoms with Crippen molar-refractivity contribution in [2.75, 3.05) is 5.32 Å². The van der Waals surface area contributed by atoms with E-state index in [1.165, 1.54) is 17.5 Å². The number of nitrogens with one attached hydrogen (secondary N) is 1. The molecule has 0 spiro atoms. The number of ether oxygens (including phenoxy) is 1. The van der Waals surface area contributed by atoms with Crippen LogP contribution >= 0.6 is 0 Å². The van der Waals surface area contributed by atoms with Crippen LogP contribution in [0.25, 0.3) is 0 Å². The zero-order valence-corrected chi connectivity index (χ0v) is 12.8. The van der Waals surface area contributed by atoms with Gasteiger partial charge in [-0.25, -0.2) is 9.97 Å². The molecule has 114 valence electrons. The van der Waals surface area contributed by atoms with Crippen molar-refractivity contribution >= 4 is 11.9 Å². The molecule has 22 heavy (non-hydrogen) atoms. The molecule has 1 amide bonds. The highest BCUT2D eigenvalue weighted by molar-refractivity contribution is 5.92. The second kappa shape index (κ2) is 6.13. The predicted molar refractivity (Wildman–Crippen MR) is 84.0 cm³/mol. The molecule has 5 nitrogen and oxygen atoms in total. The fourth-order valence-electron chi connectivity index (χ4n) is 2.60. The minimum absolute atomic E-state index is 0.258. The Hall–Kier alpha value is -2.43. The second-order valence-electron chi connectivity index (χ2n) is 5.56. The first-order chi connectivity index (χ1) is 10.6. The first-order valence-electron chi connectivity index (χ1n) is 7.51. The Morgan fingerprint density at radius 2 is 2.09 bits per heavy atom. The SMILES string of the molecule is Cc1ccnc(NC(=O)[C@@H](C)Oc2ccc3c(c2)CCC3)n1. The van der Waals surface area contributed by atoms with Gasteiger partial charge in [-0.15, -0.1) is 0 Å². The van der Waals surface area contributed by atoms with Crippen LogP contribution in [0, 0.1) is 6.92 Å². The summed E-state index contributed by atoms with van der Waals surface area (Å²) in [5.74, 6) is 0.772. The molecule has 1 aliphatic rings. The Kier molecular flexibility index (Phi) is 4.04. The molecule has 1 atom stereocenters. The third-order valence-corrected chi connectivity index (χ3v) is 3.78. The Morgan fingerprint density at radius 1 is 1.27 bits per heavy atom.